The van der Waals surface area contributed by atoms with Gasteiger partial charge in [0.05, 0.1) is 16.7 Å². The quantitative estimate of drug-likeness (QED) is 0.163. The minimum Gasteiger partial charge on any atom is -0.310 e. The zero-order valence-corrected chi connectivity index (χ0v) is 29.6. The average Bonchev–Trinajstić information content (AvgIpc) is 3.78. The van der Waals surface area contributed by atoms with E-state index in [2.05, 4.69) is 204 Å². The third kappa shape index (κ3) is 4.71. The summed E-state index contributed by atoms with van der Waals surface area (Å²) in [7, 11) is 0. The molecular weight excluding hydrogens is 661 g/mol. The highest BCUT2D eigenvalue weighted by Crippen LogP contribution is 2.49. The summed E-state index contributed by atoms with van der Waals surface area (Å²) in [6.45, 7) is 0. The third-order valence-corrected chi connectivity index (χ3v) is 12.0. The molecule has 3 heteroatoms. The van der Waals surface area contributed by atoms with E-state index in [1.807, 2.05) is 11.3 Å². The molecule has 0 fully saturated rings. The summed E-state index contributed by atoms with van der Waals surface area (Å²) in [5.74, 6) is 0. The number of nitrogens with zero attached hydrogens (tertiary/aromatic N) is 2. The Labute approximate surface area is 311 Å². The third-order valence-electron chi connectivity index (χ3n) is 10.7. The fraction of sp³-hybridized carbons (Fsp3) is 0. The van der Waals surface area contributed by atoms with Gasteiger partial charge in [0.15, 0.2) is 0 Å². The molecule has 0 bridgehead atoms. The molecule has 0 saturated carbocycles. The highest BCUT2D eigenvalue weighted by Gasteiger charge is 2.23. The van der Waals surface area contributed by atoms with Crippen LogP contribution in [0.3, 0.4) is 0 Å². The smallest absolute Gasteiger partial charge is 0.0561 e. The number of rotatable bonds is 5. The van der Waals surface area contributed by atoms with E-state index in [0.717, 1.165) is 17.1 Å². The Bertz CT molecular complexity index is 3170. The Morgan fingerprint density at radius 2 is 1.04 bits per heavy atom. The molecule has 0 spiro atoms. The maximum Gasteiger partial charge on any atom is 0.0561 e. The Morgan fingerprint density at radius 1 is 0.415 bits per heavy atom. The average molecular weight is 693 g/mol. The molecule has 0 N–H and O–H groups in total. The van der Waals surface area contributed by atoms with E-state index in [1.54, 1.807) is 0 Å². The highest BCUT2D eigenvalue weighted by molar-refractivity contribution is 7.26. The highest BCUT2D eigenvalue weighted by atomic mass is 32.1. The van der Waals surface area contributed by atoms with Crippen molar-refractivity contribution in [3.05, 3.63) is 194 Å². The van der Waals surface area contributed by atoms with Gasteiger partial charge in [0, 0.05) is 48.0 Å². The second kappa shape index (κ2) is 11.9. The van der Waals surface area contributed by atoms with Crippen molar-refractivity contribution in [2.45, 2.75) is 0 Å². The summed E-state index contributed by atoms with van der Waals surface area (Å²) in [5.41, 5.74) is 9.42. The van der Waals surface area contributed by atoms with Gasteiger partial charge in [-0.2, -0.15) is 0 Å². The lowest BCUT2D eigenvalue weighted by molar-refractivity contribution is 1.18. The molecule has 0 aliphatic rings. The second-order valence-electron chi connectivity index (χ2n) is 13.7. The molecule has 248 valence electrons. The first kappa shape index (κ1) is 30.0. The SMILES string of the molecule is c1ccc(-c2ccc(N(c3ccc4c(ccc5ccccc54)c3)c3ccc4c5ccccc5n(-c5ccccc5)c4c3)c3c2sc2ccccc23)cc1. The van der Waals surface area contributed by atoms with Gasteiger partial charge < -0.3 is 9.47 Å². The van der Waals surface area contributed by atoms with Gasteiger partial charge in [0.1, 0.15) is 0 Å². The number of aromatic nitrogens is 1. The standard InChI is InChI=1S/C50H32N2S/c1-3-13-33(14-4-1)41-29-30-46(49-44-20-10-12-22-48(44)53-50(41)49)51(37-25-27-40-35(31-37)24-23-34-15-7-8-18-39(34)40)38-26-28-43-42-19-9-11-21-45(42)52(47(43)32-38)36-16-5-2-6-17-36/h1-32H. The van der Waals surface area contributed by atoms with Crippen LogP contribution in [0.25, 0.3) is 80.3 Å². The zero-order valence-electron chi connectivity index (χ0n) is 28.8. The molecule has 0 aliphatic carbocycles. The normalized spacial score (nSPS) is 11.8. The number of anilines is 3. The van der Waals surface area contributed by atoms with Crippen LogP contribution in [0.15, 0.2) is 194 Å². The minimum absolute atomic E-state index is 1.11. The van der Waals surface area contributed by atoms with Crippen molar-refractivity contribution >= 4 is 91.9 Å². The Hall–Kier alpha value is -6.68. The van der Waals surface area contributed by atoms with E-state index >= 15 is 0 Å². The number of hydrogen-bond donors (Lipinski definition) is 0. The minimum atomic E-state index is 1.11. The van der Waals surface area contributed by atoms with Crippen LogP contribution < -0.4 is 4.90 Å². The summed E-state index contributed by atoms with van der Waals surface area (Å²) in [6, 6.07) is 71.0. The van der Waals surface area contributed by atoms with Gasteiger partial charge >= 0.3 is 0 Å². The van der Waals surface area contributed by atoms with E-state index in [9.17, 15) is 0 Å². The molecule has 11 aromatic rings. The van der Waals surface area contributed by atoms with Crippen molar-refractivity contribution < 1.29 is 0 Å². The number of hydrogen-bond acceptors (Lipinski definition) is 2. The van der Waals surface area contributed by atoms with Gasteiger partial charge in [-0.3, -0.25) is 0 Å². The summed E-state index contributed by atoms with van der Waals surface area (Å²) in [6.07, 6.45) is 0. The van der Waals surface area contributed by atoms with E-state index in [0.29, 0.717) is 0 Å². The van der Waals surface area contributed by atoms with Gasteiger partial charge in [-0.1, -0.05) is 140 Å². The maximum absolute atomic E-state index is 2.48. The molecule has 0 radical (unpaired) electrons. The molecular formula is C50H32N2S. The van der Waals surface area contributed by atoms with Gasteiger partial charge in [-0.25, -0.2) is 0 Å². The molecule has 2 nitrogen and oxygen atoms in total. The van der Waals surface area contributed by atoms with Crippen molar-refractivity contribution in [3.8, 4) is 16.8 Å². The lowest BCUT2D eigenvalue weighted by Gasteiger charge is -2.28. The molecule has 0 aliphatic heterocycles. The molecule has 0 saturated heterocycles. The molecule has 2 heterocycles. The molecule has 0 amide bonds. The molecule has 2 aromatic heterocycles. The lowest BCUT2D eigenvalue weighted by Crippen LogP contribution is -2.10. The van der Waals surface area contributed by atoms with Gasteiger partial charge in [-0.05, 0) is 87.3 Å². The van der Waals surface area contributed by atoms with Crippen LogP contribution in [0.1, 0.15) is 0 Å². The van der Waals surface area contributed by atoms with Crippen LogP contribution in [0, 0.1) is 0 Å². The molecule has 53 heavy (non-hydrogen) atoms. The van der Waals surface area contributed by atoms with Crippen LogP contribution in [0.4, 0.5) is 17.1 Å². The first-order valence-corrected chi connectivity index (χ1v) is 18.9. The molecule has 0 atom stereocenters. The predicted molar refractivity (Wildman–Crippen MR) is 229 cm³/mol. The first-order valence-electron chi connectivity index (χ1n) is 18.1. The fourth-order valence-corrected chi connectivity index (χ4v) is 9.62. The van der Waals surface area contributed by atoms with Crippen molar-refractivity contribution in [1.82, 2.24) is 4.57 Å². The molecule has 11 rings (SSSR count). The van der Waals surface area contributed by atoms with E-state index in [4.69, 9.17) is 0 Å². The van der Waals surface area contributed by atoms with E-state index < -0.39 is 0 Å². The first-order chi connectivity index (χ1) is 26.3. The Balaban J connectivity index is 1.23. The predicted octanol–water partition coefficient (Wildman–Crippen LogP) is 14.6. The van der Waals surface area contributed by atoms with Crippen LogP contribution in [-0.4, -0.2) is 4.57 Å². The summed E-state index contributed by atoms with van der Waals surface area (Å²) >= 11 is 1.88. The van der Waals surface area contributed by atoms with E-state index in [1.165, 1.54) is 80.3 Å². The lowest BCUT2D eigenvalue weighted by atomic mass is 9.99. The van der Waals surface area contributed by atoms with Crippen molar-refractivity contribution in [3.63, 3.8) is 0 Å². The van der Waals surface area contributed by atoms with Crippen LogP contribution in [0.2, 0.25) is 0 Å². The van der Waals surface area contributed by atoms with Gasteiger partial charge in [0.2, 0.25) is 0 Å². The zero-order chi connectivity index (χ0) is 34.9. The number of benzene rings is 9. The molecule has 9 aromatic carbocycles. The van der Waals surface area contributed by atoms with Crippen molar-refractivity contribution in [2.24, 2.45) is 0 Å². The summed E-state index contributed by atoms with van der Waals surface area (Å²) < 4.78 is 5.00. The summed E-state index contributed by atoms with van der Waals surface area (Å²) in [4.78, 5) is 2.48. The van der Waals surface area contributed by atoms with E-state index in [-0.39, 0.29) is 0 Å². The maximum atomic E-state index is 2.48. The number of para-hydroxylation sites is 2. The topological polar surface area (TPSA) is 8.17 Å². The Morgan fingerprint density at radius 3 is 1.89 bits per heavy atom. The van der Waals surface area contributed by atoms with Crippen LogP contribution in [-0.2, 0) is 0 Å². The Kier molecular flexibility index (Phi) is 6.76. The monoisotopic (exact) mass is 692 g/mol. The largest absolute Gasteiger partial charge is 0.310 e. The second-order valence-corrected chi connectivity index (χ2v) is 14.8. The number of fused-ring (bicyclic) bond motifs is 9. The van der Waals surface area contributed by atoms with Crippen molar-refractivity contribution in [2.75, 3.05) is 4.90 Å². The summed E-state index contributed by atoms with van der Waals surface area (Å²) in [5, 5.41) is 10.0. The van der Waals surface area contributed by atoms with Crippen LogP contribution in [0.5, 0.6) is 0 Å². The van der Waals surface area contributed by atoms with Gasteiger partial charge in [-0.15, -0.1) is 11.3 Å². The fourth-order valence-electron chi connectivity index (χ4n) is 8.36. The molecule has 0 unspecified atom stereocenters. The van der Waals surface area contributed by atoms with Crippen molar-refractivity contribution in [1.29, 1.82) is 0 Å². The van der Waals surface area contributed by atoms with Crippen LogP contribution >= 0.6 is 11.3 Å². The van der Waals surface area contributed by atoms with Gasteiger partial charge in [0.25, 0.3) is 0 Å². The number of thiophene rings is 1.